The fourth-order valence-corrected chi connectivity index (χ4v) is 1.33. The monoisotopic (exact) mass is 161 g/mol. The van der Waals surface area contributed by atoms with Gasteiger partial charge in [0.2, 0.25) is 0 Å². The van der Waals surface area contributed by atoms with E-state index < -0.39 is 5.79 Å². The summed E-state index contributed by atoms with van der Waals surface area (Å²) in [5.41, 5.74) is 0. The van der Waals surface area contributed by atoms with Gasteiger partial charge in [-0.1, -0.05) is 0 Å². The number of ether oxygens (including phenoxy) is 2. The van der Waals surface area contributed by atoms with Crippen LogP contribution < -0.4 is 0 Å². The van der Waals surface area contributed by atoms with Gasteiger partial charge in [-0.2, -0.15) is 5.06 Å². The molecular weight excluding hydrogens is 146 g/mol. The third kappa shape index (κ3) is 1.90. The maximum absolute atomic E-state index is 9.05. The fraction of sp³-hybridized carbons (Fsp3) is 1.00. The highest BCUT2D eigenvalue weighted by molar-refractivity contribution is 4.75. The molecule has 0 aromatic rings. The van der Waals surface area contributed by atoms with E-state index in [1.54, 1.807) is 14.2 Å². The number of piperidine rings is 1. The third-order valence-corrected chi connectivity index (χ3v) is 2.25. The number of hydrogen-bond acceptors (Lipinski definition) is 4. The maximum atomic E-state index is 9.05. The normalized spacial score (nSPS) is 25.4. The van der Waals surface area contributed by atoms with E-state index in [2.05, 4.69) is 0 Å². The van der Waals surface area contributed by atoms with Crippen molar-refractivity contribution in [3.8, 4) is 0 Å². The molecule has 0 radical (unpaired) electrons. The van der Waals surface area contributed by atoms with Crippen LogP contribution in [-0.2, 0) is 9.47 Å². The molecule has 0 saturated carbocycles. The van der Waals surface area contributed by atoms with Crippen molar-refractivity contribution in [2.45, 2.75) is 18.6 Å². The minimum atomic E-state index is -0.459. The van der Waals surface area contributed by atoms with Crippen molar-refractivity contribution in [1.29, 1.82) is 0 Å². The summed E-state index contributed by atoms with van der Waals surface area (Å²) in [4.78, 5) is 0. The SMILES string of the molecule is COC1(OC)CCN(O)CC1. The Bertz CT molecular complexity index is 115. The average Bonchev–Trinajstić information content (AvgIpc) is 2.07. The number of rotatable bonds is 2. The zero-order chi connectivity index (χ0) is 8.32. The van der Waals surface area contributed by atoms with E-state index in [1.807, 2.05) is 0 Å². The van der Waals surface area contributed by atoms with E-state index >= 15 is 0 Å². The molecule has 4 heteroatoms. The Morgan fingerprint density at radius 2 is 1.64 bits per heavy atom. The topological polar surface area (TPSA) is 41.9 Å². The van der Waals surface area contributed by atoms with E-state index in [0.717, 1.165) is 12.8 Å². The van der Waals surface area contributed by atoms with Crippen molar-refractivity contribution in [3.63, 3.8) is 0 Å². The van der Waals surface area contributed by atoms with Gasteiger partial charge in [-0.05, 0) is 0 Å². The minimum absolute atomic E-state index is 0.459. The zero-order valence-corrected chi connectivity index (χ0v) is 7.04. The molecule has 0 amide bonds. The highest BCUT2D eigenvalue weighted by Gasteiger charge is 2.33. The lowest BCUT2D eigenvalue weighted by Gasteiger charge is -2.37. The molecule has 1 fully saturated rings. The number of hydroxylamine groups is 2. The summed E-state index contributed by atoms with van der Waals surface area (Å²) >= 11 is 0. The molecule has 0 aliphatic carbocycles. The van der Waals surface area contributed by atoms with Gasteiger partial charge in [0.1, 0.15) is 0 Å². The Labute approximate surface area is 66.7 Å². The van der Waals surface area contributed by atoms with Gasteiger partial charge in [-0.25, -0.2) is 0 Å². The van der Waals surface area contributed by atoms with Crippen LogP contribution in [0.4, 0.5) is 0 Å². The van der Waals surface area contributed by atoms with Crippen LogP contribution in [-0.4, -0.2) is 43.4 Å². The van der Waals surface area contributed by atoms with Crippen molar-refractivity contribution >= 4 is 0 Å². The number of nitrogens with zero attached hydrogens (tertiary/aromatic N) is 1. The standard InChI is InChI=1S/C7H15NO3/c1-10-7(11-2)3-5-8(9)6-4-7/h9H,3-6H2,1-2H3. The van der Waals surface area contributed by atoms with Crippen molar-refractivity contribution in [1.82, 2.24) is 5.06 Å². The molecule has 1 aliphatic heterocycles. The summed E-state index contributed by atoms with van der Waals surface area (Å²) in [6.07, 6.45) is 1.44. The van der Waals surface area contributed by atoms with Gasteiger partial charge < -0.3 is 14.7 Å². The Hall–Kier alpha value is -0.160. The lowest BCUT2D eigenvalue weighted by molar-refractivity contribution is -0.255. The Morgan fingerprint density at radius 3 is 2.00 bits per heavy atom. The number of hydrogen-bond donors (Lipinski definition) is 1. The van der Waals surface area contributed by atoms with Crippen molar-refractivity contribution in [3.05, 3.63) is 0 Å². The predicted octanol–water partition coefficient (Wildman–Crippen LogP) is 0.460. The second-order valence-corrected chi connectivity index (χ2v) is 2.77. The summed E-state index contributed by atoms with van der Waals surface area (Å²) in [5.74, 6) is -0.459. The van der Waals surface area contributed by atoms with Gasteiger partial charge in [0.25, 0.3) is 0 Å². The first-order valence-electron chi connectivity index (χ1n) is 3.76. The Balaban J connectivity index is 2.45. The fourth-order valence-electron chi connectivity index (χ4n) is 1.33. The molecule has 0 atom stereocenters. The van der Waals surface area contributed by atoms with Crippen LogP contribution in [0.2, 0.25) is 0 Å². The predicted molar refractivity (Wildman–Crippen MR) is 39.3 cm³/mol. The zero-order valence-electron chi connectivity index (χ0n) is 7.04. The third-order valence-electron chi connectivity index (χ3n) is 2.25. The summed E-state index contributed by atoms with van der Waals surface area (Å²) < 4.78 is 10.4. The highest BCUT2D eigenvalue weighted by Crippen LogP contribution is 2.25. The van der Waals surface area contributed by atoms with Crippen LogP contribution in [0.1, 0.15) is 12.8 Å². The molecule has 1 saturated heterocycles. The van der Waals surface area contributed by atoms with E-state index in [4.69, 9.17) is 14.7 Å². The van der Waals surface area contributed by atoms with Crippen LogP contribution in [0.25, 0.3) is 0 Å². The van der Waals surface area contributed by atoms with Crippen molar-refractivity contribution in [2.75, 3.05) is 27.3 Å². The van der Waals surface area contributed by atoms with E-state index in [0.29, 0.717) is 13.1 Å². The highest BCUT2D eigenvalue weighted by atomic mass is 16.7. The molecule has 1 heterocycles. The molecule has 1 aliphatic rings. The quantitative estimate of drug-likeness (QED) is 0.597. The molecule has 1 rings (SSSR count). The molecule has 0 unspecified atom stereocenters. The average molecular weight is 161 g/mol. The molecule has 0 aromatic heterocycles. The summed E-state index contributed by atoms with van der Waals surface area (Å²) in [6, 6.07) is 0. The van der Waals surface area contributed by atoms with Gasteiger partial charge in [0.05, 0.1) is 0 Å². The van der Waals surface area contributed by atoms with E-state index in [1.165, 1.54) is 5.06 Å². The molecular formula is C7H15NO3. The van der Waals surface area contributed by atoms with Crippen LogP contribution in [0.15, 0.2) is 0 Å². The van der Waals surface area contributed by atoms with Crippen LogP contribution >= 0.6 is 0 Å². The molecule has 4 nitrogen and oxygen atoms in total. The molecule has 0 aromatic carbocycles. The smallest absolute Gasteiger partial charge is 0.170 e. The number of methoxy groups -OCH3 is 2. The molecule has 0 spiro atoms. The first-order valence-corrected chi connectivity index (χ1v) is 3.76. The lowest BCUT2D eigenvalue weighted by atomic mass is 10.1. The summed E-state index contributed by atoms with van der Waals surface area (Å²) in [5, 5.41) is 10.3. The lowest BCUT2D eigenvalue weighted by Crippen LogP contribution is -2.45. The molecule has 66 valence electrons. The first-order chi connectivity index (χ1) is 5.22. The van der Waals surface area contributed by atoms with E-state index in [-0.39, 0.29) is 0 Å². The Kier molecular flexibility index (Phi) is 2.84. The summed E-state index contributed by atoms with van der Waals surface area (Å²) in [7, 11) is 3.27. The van der Waals surface area contributed by atoms with Gasteiger partial charge in [0.15, 0.2) is 5.79 Å². The summed E-state index contributed by atoms with van der Waals surface area (Å²) in [6.45, 7) is 1.23. The Morgan fingerprint density at radius 1 is 1.18 bits per heavy atom. The van der Waals surface area contributed by atoms with Gasteiger partial charge >= 0.3 is 0 Å². The molecule has 0 bridgehead atoms. The van der Waals surface area contributed by atoms with Crippen molar-refractivity contribution in [2.24, 2.45) is 0 Å². The first kappa shape index (κ1) is 8.93. The van der Waals surface area contributed by atoms with Gasteiger partial charge in [-0.15, -0.1) is 0 Å². The minimum Gasteiger partial charge on any atom is -0.353 e. The van der Waals surface area contributed by atoms with Gasteiger partial charge in [0, 0.05) is 40.2 Å². The van der Waals surface area contributed by atoms with Crippen LogP contribution in [0.3, 0.4) is 0 Å². The molecule has 11 heavy (non-hydrogen) atoms. The van der Waals surface area contributed by atoms with Crippen molar-refractivity contribution < 1.29 is 14.7 Å². The largest absolute Gasteiger partial charge is 0.353 e. The maximum Gasteiger partial charge on any atom is 0.170 e. The van der Waals surface area contributed by atoms with Crippen LogP contribution in [0.5, 0.6) is 0 Å². The van der Waals surface area contributed by atoms with E-state index in [9.17, 15) is 0 Å². The van der Waals surface area contributed by atoms with Gasteiger partial charge in [-0.3, -0.25) is 0 Å². The van der Waals surface area contributed by atoms with Crippen LogP contribution in [0, 0.1) is 0 Å². The second-order valence-electron chi connectivity index (χ2n) is 2.77. The molecule has 1 N–H and O–H groups in total. The second kappa shape index (κ2) is 3.49.